The predicted molar refractivity (Wildman–Crippen MR) is 120 cm³/mol. The Morgan fingerprint density at radius 3 is 2.29 bits per heavy atom. The average molecular weight is 447 g/mol. The Morgan fingerprint density at radius 1 is 1.06 bits per heavy atom. The van der Waals surface area contributed by atoms with Crippen LogP contribution < -0.4 is 5.32 Å². The van der Waals surface area contributed by atoms with Crippen LogP contribution in [0.2, 0.25) is 0 Å². The molecule has 1 heterocycles. The van der Waals surface area contributed by atoms with Crippen LogP contribution in [0.25, 0.3) is 0 Å². The van der Waals surface area contributed by atoms with Gasteiger partial charge in [-0.15, -0.1) is 0 Å². The minimum Gasteiger partial charge on any atom is -0.349 e. The lowest BCUT2D eigenvalue weighted by molar-refractivity contribution is -0.127. The fraction of sp³-hybridized carbons (Fsp3) is 0.458. The smallest absolute Gasteiger partial charge is 0.223 e. The lowest BCUT2D eigenvalue weighted by Crippen LogP contribution is -2.44. The number of nitrogens with one attached hydrogen (secondary N) is 1. The largest absolute Gasteiger partial charge is 0.349 e. The normalized spacial score (nSPS) is 16.9. The number of halogens is 1. The summed E-state index contributed by atoms with van der Waals surface area (Å²) in [5.41, 5.74) is 1.25. The summed E-state index contributed by atoms with van der Waals surface area (Å²) in [4.78, 5) is 12.9. The lowest BCUT2D eigenvalue weighted by atomic mass is 9.93. The lowest BCUT2D eigenvalue weighted by Gasteiger charge is -2.32. The molecule has 0 unspecified atom stereocenters. The summed E-state index contributed by atoms with van der Waals surface area (Å²) in [6, 6.07) is 15.8. The molecule has 7 heteroatoms. The third kappa shape index (κ3) is 6.37. The Morgan fingerprint density at radius 2 is 1.68 bits per heavy atom. The van der Waals surface area contributed by atoms with E-state index in [0.29, 0.717) is 18.8 Å². The van der Waals surface area contributed by atoms with E-state index in [1.807, 2.05) is 30.3 Å². The zero-order valence-corrected chi connectivity index (χ0v) is 18.9. The van der Waals surface area contributed by atoms with E-state index in [0.717, 1.165) is 12.0 Å². The third-order valence-electron chi connectivity index (χ3n) is 5.74. The zero-order chi connectivity index (χ0) is 22.4. The van der Waals surface area contributed by atoms with Crippen LogP contribution in [-0.2, 0) is 20.6 Å². The Labute approximate surface area is 184 Å². The van der Waals surface area contributed by atoms with E-state index in [-0.39, 0.29) is 42.3 Å². The van der Waals surface area contributed by atoms with Crippen LogP contribution in [-0.4, -0.2) is 31.7 Å². The maximum Gasteiger partial charge on any atom is 0.223 e. The fourth-order valence-corrected chi connectivity index (χ4v) is 5.60. The van der Waals surface area contributed by atoms with Gasteiger partial charge >= 0.3 is 0 Å². The van der Waals surface area contributed by atoms with Crippen molar-refractivity contribution >= 4 is 15.9 Å². The van der Waals surface area contributed by atoms with Crippen LogP contribution in [0.1, 0.15) is 50.3 Å². The van der Waals surface area contributed by atoms with Gasteiger partial charge in [-0.25, -0.2) is 17.1 Å². The maximum atomic E-state index is 13.9. The van der Waals surface area contributed by atoms with Crippen LogP contribution in [0.4, 0.5) is 4.39 Å². The van der Waals surface area contributed by atoms with Gasteiger partial charge in [-0.1, -0.05) is 62.4 Å². The second-order valence-corrected chi connectivity index (χ2v) is 10.6. The highest BCUT2D eigenvalue weighted by atomic mass is 32.2. The molecule has 2 aromatic rings. The first-order valence-electron chi connectivity index (χ1n) is 10.8. The van der Waals surface area contributed by atoms with Crippen molar-refractivity contribution in [2.75, 3.05) is 13.1 Å². The predicted octanol–water partition coefficient (Wildman–Crippen LogP) is 4.27. The monoisotopic (exact) mass is 446 g/mol. The first-order valence-corrected chi connectivity index (χ1v) is 12.4. The molecule has 1 fully saturated rings. The number of nitrogens with zero attached hydrogens (tertiary/aromatic N) is 1. The van der Waals surface area contributed by atoms with Gasteiger partial charge in [0.25, 0.3) is 0 Å². The Kier molecular flexibility index (Phi) is 7.84. The molecule has 5 nitrogen and oxygen atoms in total. The van der Waals surface area contributed by atoms with Crippen molar-refractivity contribution in [1.29, 1.82) is 0 Å². The number of carbonyl (C=O) groups is 1. The van der Waals surface area contributed by atoms with Gasteiger partial charge in [0.15, 0.2) is 0 Å². The van der Waals surface area contributed by atoms with Gasteiger partial charge in [0, 0.05) is 24.6 Å². The van der Waals surface area contributed by atoms with Crippen molar-refractivity contribution in [3.8, 4) is 0 Å². The van der Waals surface area contributed by atoms with Crippen LogP contribution in [0, 0.1) is 17.7 Å². The average Bonchev–Trinajstić information content (AvgIpc) is 2.75. The van der Waals surface area contributed by atoms with Crippen molar-refractivity contribution in [2.24, 2.45) is 11.8 Å². The molecule has 1 atom stereocenters. The van der Waals surface area contributed by atoms with Gasteiger partial charge in [0.1, 0.15) is 5.82 Å². The third-order valence-corrected chi connectivity index (χ3v) is 7.57. The maximum absolute atomic E-state index is 13.9. The van der Waals surface area contributed by atoms with Gasteiger partial charge in [0.2, 0.25) is 15.9 Å². The Bertz CT molecular complexity index is 971. The van der Waals surface area contributed by atoms with Gasteiger partial charge in [-0.2, -0.15) is 0 Å². The van der Waals surface area contributed by atoms with E-state index in [2.05, 4.69) is 19.2 Å². The van der Waals surface area contributed by atoms with Crippen LogP contribution in [0.15, 0.2) is 54.6 Å². The van der Waals surface area contributed by atoms with Gasteiger partial charge in [-0.3, -0.25) is 4.79 Å². The molecule has 1 amide bonds. The Hall–Kier alpha value is -2.25. The van der Waals surface area contributed by atoms with Gasteiger partial charge in [0.05, 0.1) is 11.8 Å². The number of amides is 1. The second-order valence-electron chi connectivity index (χ2n) is 8.62. The highest BCUT2D eigenvalue weighted by molar-refractivity contribution is 7.88. The van der Waals surface area contributed by atoms with Crippen LogP contribution in [0.3, 0.4) is 0 Å². The molecule has 0 aliphatic carbocycles. The molecular formula is C24H31FN2O3S. The number of benzene rings is 2. The fourth-order valence-electron chi connectivity index (χ4n) is 4.02. The number of hydrogen-bond donors (Lipinski definition) is 1. The molecule has 0 aromatic heterocycles. The van der Waals surface area contributed by atoms with Gasteiger partial charge < -0.3 is 5.32 Å². The summed E-state index contributed by atoms with van der Waals surface area (Å²) in [5.74, 6) is -0.701. The number of carbonyl (C=O) groups excluding carboxylic acids is 1. The van der Waals surface area contributed by atoms with Crippen LogP contribution >= 0.6 is 0 Å². The van der Waals surface area contributed by atoms with Crippen molar-refractivity contribution < 1.29 is 17.6 Å². The van der Waals surface area contributed by atoms with E-state index in [9.17, 15) is 17.6 Å². The molecule has 168 valence electrons. The van der Waals surface area contributed by atoms with E-state index in [1.165, 1.54) is 22.5 Å². The molecule has 1 saturated heterocycles. The van der Waals surface area contributed by atoms with E-state index in [4.69, 9.17) is 0 Å². The van der Waals surface area contributed by atoms with Crippen LogP contribution in [0.5, 0.6) is 0 Å². The molecule has 1 aliphatic rings. The number of piperidine rings is 1. The highest BCUT2D eigenvalue weighted by Crippen LogP contribution is 2.26. The Balaban J connectivity index is 1.59. The molecule has 0 radical (unpaired) electrons. The quantitative estimate of drug-likeness (QED) is 0.659. The van der Waals surface area contributed by atoms with Crippen molar-refractivity contribution in [3.63, 3.8) is 0 Å². The number of sulfonamides is 1. The van der Waals surface area contributed by atoms with Crippen molar-refractivity contribution in [1.82, 2.24) is 9.62 Å². The molecule has 1 N–H and O–H groups in total. The molecule has 1 aliphatic heterocycles. The zero-order valence-electron chi connectivity index (χ0n) is 18.1. The van der Waals surface area contributed by atoms with E-state index < -0.39 is 15.8 Å². The van der Waals surface area contributed by atoms with E-state index in [1.54, 1.807) is 6.07 Å². The molecular weight excluding hydrogens is 415 g/mol. The minimum atomic E-state index is -3.63. The summed E-state index contributed by atoms with van der Waals surface area (Å²) >= 11 is 0. The SMILES string of the molecule is CC(C)C[C@@H](NC(=O)C1CCN(S(=O)(=O)Cc2ccccc2F)CC1)c1ccccc1. The number of rotatable bonds is 8. The molecule has 31 heavy (non-hydrogen) atoms. The summed E-state index contributed by atoms with van der Waals surface area (Å²) in [7, 11) is -3.63. The molecule has 0 spiro atoms. The summed E-state index contributed by atoms with van der Waals surface area (Å²) < 4.78 is 40.7. The topological polar surface area (TPSA) is 66.5 Å². The van der Waals surface area contributed by atoms with Crippen molar-refractivity contribution in [2.45, 2.75) is 44.9 Å². The minimum absolute atomic E-state index is 0.0272. The molecule has 2 aromatic carbocycles. The highest BCUT2D eigenvalue weighted by Gasteiger charge is 2.32. The first-order chi connectivity index (χ1) is 14.8. The van der Waals surface area contributed by atoms with Crippen molar-refractivity contribution in [3.05, 3.63) is 71.5 Å². The molecule has 0 saturated carbocycles. The summed E-state index contributed by atoms with van der Waals surface area (Å²) in [6.45, 7) is 4.80. The second kappa shape index (κ2) is 10.4. The first kappa shape index (κ1) is 23.4. The van der Waals surface area contributed by atoms with Gasteiger partial charge in [-0.05, 0) is 36.8 Å². The van der Waals surface area contributed by atoms with E-state index >= 15 is 0 Å². The molecule has 0 bridgehead atoms. The molecule has 3 rings (SSSR count). The number of hydrogen-bond acceptors (Lipinski definition) is 3. The summed E-state index contributed by atoms with van der Waals surface area (Å²) in [6.07, 6.45) is 1.77. The standard InChI is InChI=1S/C24H31FN2O3S/c1-18(2)16-23(19-8-4-3-5-9-19)26-24(28)20-12-14-27(15-13-20)31(29,30)17-21-10-6-7-11-22(21)25/h3-11,18,20,23H,12-17H2,1-2H3,(H,26,28)/t23-/m1/s1. The summed E-state index contributed by atoms with van der Waals surface area (Å²) in [5, 5.41) is 3.18.